The highest BCUT2D eigenvalue weighted by Crippen LogP contribution is 2.23. The van der Waals surface area contributed by atoms with Gasteiger partial charge in [-0.05, 0) is 35.8 Å². The van der Waals surface area contributed by atoms with Crippen molar-refractivity contribution >= 4 is 11.4 Å². The van der Waals surface area contributed by atoms with Gasteiger partial charge in [0.2, 0.25) is 0 Å². The lowest BCUT2D eigenvalue weighted by atomic mass is 9.88. The maximum Gasteiger partial charge on any atom is 0.161 e. The van der Waals surface area contributed by atoms with E-state index in [-0.39, 0.29) is 11.2 Å². The smallest absolute Gasteiger partial charge is 0.161 e. The lowest BCUT2D eigenvalue weighted by Crippen LogP contribution is -2.17. The lowest BCUT2D eigenvalue weighted by Gasteiger charge is -2.15. The van der Waals surface area contributed by atoms with E-state index in [1.165, 1.54) is 0 Å². The number of allylic oxidation sites excluding steroid dienone is 2. The van der Waals surface area contributed by atoms with E-state index in [1.807, 2.05) is 45.9 Å². The maximum absolute atomic E-state index is 12.0. The Kier molecular flexibility index (Phi) is 4.44. The molecule has 0 N–H and O–H groups in total. The summed E-state index contributed by atoms with van der Waals surface area (Å²) in [5.74, 6) is 0.113. The van der Waals surface area contributed by atoms with Crippen LogP contribution >= 0.6 is 0 Å². The molecule has 0 amide bonds. The number of carbonyl (C=O) groups excluding carboxylic acids is 1. The minimum Gasteiger partial charge on any atom is -0.294 e. The van der Waals surface area contributed by atoms with E-state index in [0.29, 0.717) is 5.56 Å². The van der Waals surface area contributed by atoms with Crippen molar-refractivity contribution in [2.24, 2.45) is 5.41 Å². The molecule has 0 aliphatic heterocycles. The minimum atomic E-state index is -0.368. The molecule has 18 heavy (non-hydrogen) atoms. The van der Waals surface area contributed by atoms with Crippen LogP contribution in [0.25, 0.3) is 5.57 Å². The Morgan fingerprint density at radius 1 is 1.39 bits per heavy atom. The van der Waals surface area contributed by atoms with Crippen LogP contribution in [0.3, 0.4) is 0 Å². The van der Waals surface area contributed by atoms with E-state index in [4.69, 9.17) is 5.26 Å². The van der Waals surface area contributed by atoms with E-state index in [0.717, 1.165) is 17.6 Å². The third-order valence-electron chi connectivity index (χ3n) is 2.79. The average molecular weight is 241 g/mol. The van der Waals surface area contributed by atoms with Crippen molar-refractivity contribution in [2.45, 2.75) is 34.1 Å². The molecule has 0 aliphatic carbocycles. The number of nitrogens with zero attached hydrogens (tertiary/aromatic N) is 1. The predicted octanol–water partition coefficient (Wildman–Crippen LogP) is 3.97. The van der Waals surface area contributed by atoms with Crippen molar-refractivity contribution in [3.63, 3.8) is 0 Å². The molecule has 0 saturated carbocycles. The summed E-state index contributed by atoms with van der Waals surface area (Å²) < 4.78 is 0. The van der Waals surface area contributed by atoms with Crippen LogP contribution in [0.1, 0.15) is 45.2 Å². The van der Waals surface area contributed by atoms with Crippen LogP contribution in [-0.4, -0.2) is 5.78 Å². The highest BCUT2D eigenvalue weighted by atomic mass is 16.1. The molecule has 2 nitrogen and oxygen atoms in total. The number of nitriles is 1. The molecule has 1 rings (SSSR count). The molecule has 1 aromatic rings. The zero-order valence-corrected chi connectivity index (χ0v) is 11.4. The standard InChI is InChI=1S/C16H19NO/c1-5-13(10-15(18)16(2,3)4)14-8-6-7-12(9-14)11-17/h6-10H,5H2,1-4H3/b13-10+. The number of hydrogen-bond acceptors (Lipinski definition) is 2. The highest BCUT2D eigenvalue weighted by molar-refractivity contribution is 6.00. The van der Waals surface area contributed by atoms with Crippen molar-refractivity contribution < 1.29 is 4.79 Å². The van der Waals surface area contributed by atoms with Gasteiger partial charge in [0.05, 0.1) is 11.6 Å². The second kappa shape index (κ2) is 5.64. The summed E-state index contributed by atoms with van der Waals surface area (Å²) in [6, 6.07) is 9.49. The normalized spacial score (nSPS) is 12.1. The molecule has 94 valence electrons. The molecule has 1 aromatic carbocycles. The quantitative estimate of drug-likeness (QED) is 0.751. The first-order valence-electron chi connectivity index (χ1n) is 6.14. The molecule has 0 aromatic heterocycles. The molecule has 0 heterocycles. The van der Waals surface area contributed by atoms with Crippen molar-refractivity contribution in [2.75, 3.05) is 0 Å². The maximum atomic E-state index is 12.0. The number of ketones is 1. The van der Waals surface area contributed by atoms with Crippen LogP contribution in [0.5, 0.6) is 0 Å². The SMILES string of the molecule is CC/C(=C\C(=O)C(C)(C)C)c1cccc(C#N)c1. The Bertz CT molecular complexity index is 513. The summed E-state index contributed by atoms with van der Waals surface area (Å²) in [6.45, 7) is 7.74. The van der Waals surface area contributed by atoms with E-state index in [1.54, 1.807) is 12.1 Å². The van der Waals surface area contributed by atoms with Crippen molar-refractivity contribution in [3.8, 4) is 6.07 Å². The molecule has 0 fully saturated rings. The summed E-state index contributed by atoms with van der Waals surface area (Å²) in [6.07, 6.45) is 2.48. The van der Waals surface area contributed by atoms with Crippen LogP contribution in [-0.2, 0) is 4.79 Å². The van der Waals surface area contributed by atoms with Crippen molar-refractivity contribution in [3.05, 3.63) is 41.5 Å². The third kappa shape index (κ3) is 3.56. The van der Waals surface area contributed by atoms with Gasteiger partial charge in [-0.3, -0.25) is 4.79 Å². The fraction of sp³-hybridized carbons (Fsp3) is 0.375. The molecule has 0 aliphatic rings. The number of benzene rings is 1. The molecule has 0 radical (unpaired) electrons. The second-order valence-corrected chi connectivity index (χ2v) is 5.33. The molecule has 0 unspecified atom stereocenters. The first-order chi connectivity index (χ1) is 8.38. The van der Waals surface area contributed by atoms with Gasteiger partial charge in [0, 0.05) is 5.41 Å². The zero-order chi connectivity index (χ0) is 13.8. The van der Waals surface area contributed by atoms with Gasteiger partial charge in [0.15, 0.2) is 5.78 Å². The Labute approximate surface area is 109 Å². The molecule has 0 bridgehead atoms. The first-order valence-corrected chi connectivity index (χ1v) is 6.14. The molecule has 0 spiro atoms. The summed E-state index contributed by atoms with van der Waals surface area (Å²) in [5.41, 5.74) is 2.18. The summed E-state index contributed by atoms with van der Waals surface area (Å²) >= 11 is 0. The Morgan fingerprint density at radius 3 is 2.56 bits per heavy atom. The van der Waals surface area contributed by atoms with Gasteiger partial charge in [0.1, 0.15) is 0 Å². The number of rotatable bonds is 3. The molecule has 2 heteroatoms. The molecular weight excluding hydrogens is 222 g/mol. The minimum absolute atomic E-state index is 0.113. The number of hydrogen-bond donors (Lipinski definition) is 0. The van der Waals surface area contributed by atoms with Crippen molar-refractivity contribution in [1.82, 2.24) is 0 Å². The Hall–Kier alpha value is -1.88. The highest BCUT2D eigenvalue weighted by Gasteiger charge is 2.19. The van der Waals surface area contributed by atoms with Crippen molar-refractivity contribution in [1.29, 1.82) is 5.26 Å². The molecule has 0 atom stereocenters. The fourth-order valence-electron chi connectivity index (χ4n) is 1.55. The van der Waals surface area contributed by atoms with Gasteiger partial charge in [-0.1, -0.05) is 39.8 Å². The van der Waals surface area contributed by atoms with Gasteiger partial charge >= 0.3 is 0 Å². The summed E-state index contributed by atoms with van der Waals surface area (Å²) in [7, 11) is 0. The molecular formula is C16H19NO. The van der Waals surface area contributed by atoms with E-state index in [2.05, 4.69) is 6.07 Å². The topological polar surface area (TPSA) is 40.9 Å². The van der Waals surface area contributed by atoms with Gasteiger partial charge in [-0.2, -0.15) is 5.26 Å². The lowest BCUT2D eigenvalue weighted by molar-refractivity contribution is -0.121. The third-order valence-corrected chi connectivity index (χ3v) is 2.79. The van der Waals surface area contributed by atoms with Gasteiger partial charge in [-0.15, -0.1) is 0 Å². The zero-order valence-electron chi connectivity index (χ0n) is 11.4. The van der Waals surface area contributed by atoms with Gasteiger partial charge in [0.25, 0.3) is 0 Å². The first kappa shape index (κ1) is 14.2. The van der Waals surface area contributed by atoms with Crippen LogP contribution in [0.4, 0.5) is 0 Å². The van der Waals surface area contributed by atoms with E-state index in [9.17, 15) is 4.79 Å². The predicted molar refractivity (Wildman–Crippen MR) is 73.9 cm³/mol. The van der Waals surface area contributed by atoms with Crippen LogP contribution in [0.2, 0.25) is 0 Å². The molecule has 0 saturated heterocycles. The summed E-state index contributed by atoms with van der Waals surface area (Å²) in [5, 5.41) is 8.89. The van der Waals surface area contributed by atoms with Crippen LogP contribution in [0.15, 0.2) is 30.3 Å². The van der Waals surface area contributed by atoms with E-state index < -0.39 is 0 Å². The Morgan fingerprint density at radius 2 is 2.06 bits per heavy atom. The van der Waals surface area contributed by atoms with E-state index >= 15 is 0 Å². The Balaban J connectivity index is 3.14. The second-order valence-electron chi connectivity index (χ2n) is 5.33. The van der Waals surface area contributed by atoms with Crippen LogP contribution < -0.4 is 0 Å². The number of carbonyl (C=O) groups is 1. The average Bonchev–Trinajstić information content (AvgIpc) is 2.34. The largest absolute Gasteiger partial charge is 0.294 e. The van der Waals surface area contributed by atoms with Crippen LogP contribution in [0, 0.1) is 16.7 Å². The monoisotopic (exact) mass is 241 g/mol. The van der Waals surface area contributed by atoms with Gasteiger partial charge < -0.3 is 0 Å². The van der Waals surface area contributed by atoms with Gasteiger partial charge in [-0.25, -0.2) is 0 Å². The summed E-state index contributed by atoms with van der Waals surface area (Å²) in [4.78, 5) is 12.0. The fourth-order valence-corrected chi connectivity index (χ4v) is 1.55.